The number of carbonyl (C=O) groups excluding carboxylic acids is 3. The maximum Gasteiger partial charge on any atom is 0.308 e. The molecule has 0 radical (unpaired) electrons. The molecule has 0 fully saturated rings. The lowest BCUT2D eigenvalue weighted by Gasteiger charge is -2.26. The van der Waals surface area contributed by atoms with E-state index in [1.54, 1.807) is 4.90 Å². The summed E-state index contributed by atoms with van der Waals surface area (Å²) in [7, 11) is 0. The Morgan fingerprint density at radius 1 is 0.500 bits per heavy atom. The van der Waals surface area contributed by atoms with Gasteiger partial charge in [-0.2, -0.15) is 0 Å². The Bertz CT molecular complexity index is 686. The Morgan fingerprint density at radius 3 is 1.08 bits per heavy atom. The summed E-state index contributed by atoms with van der Waals surface area (Å²) in [6.45, 7) is 15.7. The summed E-state index contributed by atoms with van der Waals surface area (Å²) in [4.78, 5) is 41.5. The predicted octanol–water partition coefficient (Wildman–Crippen LogP) is 12.9. The fraction of sp³-hybridized carbons (Fsp3) is 0.930. The Hall–Kier alpha value is -1.30. The highest BCUT2D eigenvalue weighted by molar-refractivity contribution is 6.18. The zero-order valence-electron chi connectivity index (χ0n) is 34.3. The molecule has 0 aromatic carbocycles. The molecule has 0 spiro atoms. The van der Waals surface area contributed by atoms with Crippen LogP contribution in [0.4, 0.5) is 0 Å². The SMILES string of the molecule is CC.CCCCCCCC(CCCCCCC)C(=O)OCCN(CCOC(=O)C(CCCCCCC)CCCCCCC)C(=O)C(C)CCCl. The van der Waals surface area contributed by atoms with Crippen molar-refractivity contribution < 1.29 is 23.9 Å². The second-order valence-corrected chi connectivity index (χ2v) is 14.6. The number of alkyl halides is 1. The first-order valence-corrected chi connectivity index (χ1v) is 22.1. The largest absolute Gasteiger partial charge is 0.464 e. The first kappa shape index (κ1) is 50.8. The van der Waals surface area contributed by atoms with Crippen LogP contribution in [0.1, 0.15) is 209 Å². The van der Waals surface area contributed by atoms with Crippen molar-refractivity contribution in [1.82, 2.24) is 4.90 Å². The van der Waals surface area contributed by atoms with Gasteiger partial charge in [0.25, 0.3) is 0 Å². The first-order chi connectivity index (χ1) is 24.4. The number of hydrogen-bond donors (Lipinski definition) is 0. The van der Waals surface area contributed by atoms with Gasteiger partial charge in [0, 0.05) is 11.8 Å². The van der Waals surface area contributed by atoms with Crippen molar-refractivity contribution in [2.24, 2.45) is 17.8 Å². The molecule has 0 saturated carbocycles. The molecule has 0 aliphatic carbocycles. The zero-order valence-corrected chi connectivity index (χ0v) is 35.1. The lowest BCUT2D eigenvalue weighted by atomic mass is 9.94. The topological polar surface area (TPSA) is 72.9 Å². The van der Waals surface area contributed by atoms with Gasteiger partial charge in [-0.15, -0.1) is 11.6 Å². The Balaban J connectivity index is 0. The van der Waals surface area contributed by atoms with E-state index in [1.807, 2.05) is 20.8 Å². The molecule has 50 heavy (non-hydrogen) atoms. The van der Waals surface area contributed by atoms with Crippen molar-refractivity contribution in [2.45, 2.75) is 209 Å². The van der Waals surface area contributed by atoms with Gasteiger partial charge >= 0.3 is 11.9 Å². The number of ether oxygens (including phenoxy) is 2. The van der Waals surface area contributed by atoms with Gasteiger partial charge in [0.1, 0.15) is 13.2 Å². The predicted molar refractivity (Wildman–Crippen MR) is 215 cm³/mol. The minimum Gasteiger partial charge on any atom is -0.464 e. The van der Waals surface area contributed by atoms with Crippen LogP contribution in [-0.2, 0) is 23.9 Å². The van der Waals surface area contributed by atoms with E-state index in [0.29, 0.717) is 25.4 Å². The Labute approximate surface area is 316 Å². The first-order valence-electron chi connectivity index (χ1n) is 21.5. The van der Waals surface area contributed by atoms with Crippen LogP contribution >= 0.6 is 11.6 Å². The molecule has 0 N–H and O–H groups in total. The molecule has 7 heteroatoms. The summed E-state index contributed by atoms with van der Waals surface area (Å²) in [5.74, 6) is -0.282. The van der Waals surface area contributed by atoms with Crippen LogP contribution in [0, 0.1) is 17.8 Å². The molecular formula is C43H84ClNO5. The van der Waals surface area contributed by atoms with E-state index >= 15 is 0 Å². The third-order valence-corrected chi connectivity index (χ3v) is 10.00. The van der Waals surface area contributed by atoms with E-state index in [4.69, 9.17) is 21.1 Å². The van der Waals surface area contributed by atoms with Crippen LogP contribution in [0.5, 0.6) is 0 Å². The molecular weight excluding hydrogens is 646 g/mol. The third kappa shape index (κ3) is 29.3. The highest BCUT2D eigenvalue weighted by Gasteiger charge is 2.24. The second-order valence-electron chi connectivity index (χ2n) is 14.2. The van der Waals surface area contributed by atoms with Crippen molar-refractivity contribution in [2.75, 3.05) is 32.2 Å². The van der Waals surface area contributed by atoms with Gasteiger partial charge in [0.15, 0.2) is 0 Å². The molecule has 0 bridgehead atoms. The fourth-order valence-electron chi connectivity index (χ4n) is 6.42. The van der Waals surface area contributed by atoms with E-state index in [2.05, 4.69) is 27.7 Å². The Morgan fingerprint density at radius 2 is 0.800 bits per heavy atom. The van der Waals surface area contributed by atoms with Gasteiger partial charge < -0.3 is 14.4 Å². The van der Waals surface area contributed by atoms with Crippen LogP contribution in [0.15, 0.2) is 0 Å². The van der Waals surface area contributed by atoms with Crippen molar-refractivity contribution in [3.8, 4) is 0 Å². The van der Waals surface area contributed by atoms with Gasteiger partial charge in [-0.1, -0.05) is 177 Å². The summed E-state index contributed by atoms with van der Waals surface area (Å²) >= 11 is 5.98. The number of nitrogens with zero attached hydrogens (tertiary/aromatic N) is 1. The molecule has 1 amide bonds. The standard InChI is InChI=1S/C41H78ClNO5.C2H6/c1-6-10-14-18-22-26-37(27-23-19-15-11-7-2)40(45)47-34-32-43(39(44)36(5)30-31-42)33-35-48-41(46)38(28-24-20-16-12-8-3)29-25-21-17-13-9-4;1-2/h36-38H,6-35H2,1-5H3;1-2H3. The van der Waals surface area contributed by atoms with Gasteiger partial charge in [-0.25, -0.2) is 0 Å². The summed E-state index contributed by atoms with van der Waals surface area (Å²) in [5.41, 5.74) is 0. The van der Waals surface area contributed by atoms with Crippen LogP contribution in [-0.4, -0.2) is 54.9 Å². The fourth-order valence-corrected chi connectivity index (χ4v) is 6.74. The van der Waals surface area contributed by atoms with E-state index in [0.717, 1.165) is 77.0 Å². The average Bonchev–Trinajstić information content (AvgIpc) is 3.12. The molecule has 0 aromatic rings. The number of amides is 1. The monoisotopic (exact) mass is 730 g/mol. The number of halogens is 1. The molecule has 298 valence electrons. The van der Waals surface area contributed by atoms with Crippen molar-refractivity contribution >= 4 is 29.4 Å². The zero-order chi connectivity index (χ0) is 37.7. The molecule has 0 heterocycles. The highest BCUT2D eigenvalue weighted by atomic mass is 35.5. The molecule has 0 aliphatic heterocycles. The summed E-state index contributed by atoms with van der Waals surface area (Å²) in [6.07, 6.45) is 27.6. The number of rotatable bonds is 35. The minimum absolute atomic E-state index is 0.0328. The van der Waals surface area contributed by atoms with Crippen LogP contribution in [0.3, 0.4) is 0 Å². The lowest BCUT2D eigenvalue weighted by molar-refractivity contribution is -0.153. The quantitative estimate of drug-likeness (QED) is 0.0369. The van der Waals surface area contributed by atoms with E-state index in [-0.39, 0.29) is 48.8 Å². The maximum absolute atomic E-state index is 13.3. The van der Waals surface area contributed by atoms with Gasteiger partial charge in [-0.05, 0) is 32.1 Å². The molecule has 6 nitrogen and oxygen atoms in total. The Kier molecular flexibility index (Phi) is 39.5. The van der Waals surface area contributed by atoms with Crippen LogP contribution in [0.2, 0.25) is 0 Å². The summed E-state index contributed by atoms with van der Waals surface area (Å²) < 4.78 is 11.6. The molecule has 0 aromatic heterocycles. The van der Waals surface area contributed by atoms with Crippen LogP contribution in [0.25, 0.3) is 0 Å². The molecule has 0 saturated heterocycles. The number of esters is 2. The van der Waals surface area contributed by atoms with Gasteiger partial charge in [-0.3, -0.25) is 14.4 Å². The van der Waals surface area contributed by atoms with Crippen molar-refractivity contribution in [1.29, 1.82) is 0 Å². The minimum atomic E-state index is -0.244. The molecule has 1 atom stereocenters. The van der Waals surface area contributed by atoms with Crippen molar-refractivity contribution in [3.63, 3.8) is 0 Å². The number of carbonyl (C=O) groups is 3. The summed E-state index contributed by atoms with van der Waals surface area (Å²) in [6, 6.07) is 0. The van der Waals surface area contributed by atoms with Gasteiger partial charge in [0.05, 0.1) is 24.9 Å². The normalized spacial score (nSPS) is 11.7. The third-order valence-electron chi connectivity index (χ3n) is 9.78. The smallest absolute Gasteiger partial charge is 0.308 e. The van der Waals surface area contributed by atoms with Crippen LogP contribution < -0.4 is 0 Å². The highest BCUT2D eigenvalue weighted by Crippen LogP contribution is 2.22. The average molecular weight is 731 g/mol. The summed E-state index contributed by atoms with van der Waals surface area (Å²) in [5, 5.41) is 0. The lowest BCUT2D eigenvalue weighted by Crippen LogP contribution is -2.41. The molecule has 0 aliphatic rings. The second kappa shape index (κ2) is 38.9. The molecule has 1 unspecified atom stereocenters. The van der Waals surface area contributed by atoms with E-state index in [9.17, 15) is 14.4 Å². The van der Waals surface area contributed by atoms with E-state index < -0.39 is 0 Å². The molecule has 0 rings (SSSR count). The van der Waals surface area contributed by atoms with E-state index in [1.165, 1.54) is 77.0 Å². The number of unbranched alkanes of at least 4 members (excludes halogenated alkanes) is 16. The maximum atomic E-state index is 13.3. The van der Waals surface area contributed by atoms with Crippen molar-refractivity contribution in [3.05, 3.63) is 0 Å². The number of hydrogen-bond acceptors (Lipinski definition) is 5. The van der Waals surface area contributed by atoms with Gasteiger partial charge in [0.2, 0.25) is 5.91 Å².